The van der Waals surface area contributed by atoms with E-state index in [2.05, 4.69) is 51.9 Å². The number of allylic oxidation sites excluding steroid dienone is 2. The van der Waals surface area contributed by atoms with Crippen LogP contribution in [0.4, 0.5) is 5.69 Å². The van der Waals surface area contributed by atoms with Gasteiger partial charge >= 0.3 is 0 Å². The molecule has 4 rings (SSSR count). The van der Waals surface area contributed by atoms with Crippen molar-refractivity contribution < 1.29 is 0 Å². The minimum Gasteiger partial charge on any atom is -0.385 e. The standard InChI is InChI=1S/C17H19N3/c1-2-14-9-12(1)10-15(14)11-18-16-5-3-13(4-6-16)17-7-8-19-20-17/h1-8,12,14-15,18H,9-11H2,(H,19,20). The highest BCUT2D eigenvalue weighted by molar-refractivity contribution is 5.62. The molecule has 3 unspecified atom stereocenters. The van der Waals surface area contributed by atoms with Gasteiger partial charge in [0.1, 0.15) is 0 Å². The number of benzene rings is 1. The molecule has 0 aliphatic heterocycles. The number of nitrogens with one attached hydrogen (secondary N) is 2. The number of aromatic amines is 1. The van der Waals surface area contributed by atoms with Gasteiger partial charge in [0.15, 0.2) is 0 Å². The van der Waals surface area contributed by atoms with Crippen molar-refractivity contribution in [3.8, 4) is 11.3 Å². The van der Waals surface area contributed by atoms with E-state index < -0.39 is 0 Å². The van der Waals surface area contributed by atoms with Gasteiger partial charge in [0.25, 0.3) is 0 Å². The van der Waals surface area contributed by atoms with Crippen molar-refractivity contribution in [1.29, 1.82) is 0 Å². The lowest BCUT2D eigenvalue weighted by atomic mass is 9.93. The summed E-state index contributed by atoms with van der Waals surface area (Å²) in [6.07, 6.45) is 9.35. The maximum atomic E-state index is 3.98. The third kappa shape index (κ3) is 2.13. The molecule has 2 aliphatic rings. The zero-order chi connectivity index (χ0) is 13.4. The molecule has 1 aromatic heterocycles. The highest BCUT2D eigenvalue weighted by Gasteiger charge is 2.35. The van der Waals surface area contributed by atoms with Crippen LogP contribution in [0.3, 0.4) is 0 Å². The van der Waals surface area contributed by atoms with Crippen LogP contribution in [0.5, 0.6) is 0 Å². The van der Waals surface area contributed by atoms with Crippen molar-refractivity contribution in [3.05, 3.63) is 48.7 Å². The molecule has 2 bridgehead atoms. The number of hydrogen-bond acceptors (Lipinski definition) is 2. The van der Waals surface area contributed by atoms with E-state index in [1.54, 1.807) is 6.20 Å². The number of nitrogens with zero attached hydrogens (tertiary/aromatic N) is 1. The number of anilines is 1. The SMILES string of the molecule is C1=CC2CC1CC2CNc1ccc(-c2ccn[nH]2)cc1. The van der Waals surface area contributed by atoms with E-state index in [-0.39, 0.29) is 0 Å². The molecule has 3 heteroatoms. The van der Waals surface area contributed by atoms with E-state index in [1.807, 2.05) is 6.07 Å². The fourth-order valence-electron chi connectivity index (χ4n) is 3.56. The highest BCUT2D eigenvalue weighted by Crippen LogP contribution is 2.43. The number of aromatic nitrogens is 2. The summed E-state index contributed by atoms with van der Waals surface area (Å²) < 4.78 is 0. The van der Waals surface area contributed by atoms with Gasteiger partial charge in [-0.15, -0.1) is 0 Å². The number of fused-ring (bicyclic) bond motifs is 2. The Labute approximate surface area is 119 Å². The smallest absolute Gasteiger partial charge is 0.0650 e. The van der Waals surface area contributed by atoms with E-state index in [4.69, 9.17) is 0 Å². The van der Waals surface area contributed by atoms with E-state index in [0.29, 0.717) is 0 Å². The van der Waals surface area contributed by atoms with Gasteiger partial charge < -0.3 is 5.32 Å². The van der Waals surface area contributed by atoms with Gasteiger partial charge in [-0.2, -0.15) is 5.10 Å². The van der Waals surface area contributed by atoms with Gasteiger partial charge in [-0.05, 0) is 54.4 Å². The van der Waals surface area contributed by atoms with Crippen LogP contribution in [-0.4, -0.2) is 16.7 Å². The maximum absolute atomic E-state index is 3.98. The summed E-state index contributed by atoms with van der Waals surface area (Å²) in [5.41, 5.74) is 3.45. The minimum absolute atomic E-state index is 0.816. The third-order valence-electron chi connectivity index (χ3n) is 4.68. The average molecular weight is 265 g/mol. The molecule has 2 aromatic rings. The lowest BCUT2D eigenvalue weighted by Gasteiger charge is -2.19. The van der Waals surface area contributed by atoms with Gasteiger partial charge in [0.2, 0.25) is 0 Å². The first-order valence-electron chi connectivity index (χ1n) is 7.40. The molecule has 0 saturated heterocycles. The summed E-state index contributed by atoms with van der Waals surface area (Å²) in [6.45, 7) is 1.09. The fraction of sp³-hybridized carbons (Fsp3) is 0.353. The Morgan fingerprint density at radius 2 is 2.00 bits per heavy atom. The van der Waals surface area contributed by atoms with E-state index in [1.165, 1.54) is 24.1 Å². The minimum atomic E-state index is 0.816. The van der Waals surface area contributed by atoms with Crippen LogP contribution in [0, 0.1) is 17.8 Å². The lowest BCUT2D eigenvalue weighted by molar-refractivity contribution is 0.472. The molecule has 3 atom stereocenters. The summed E-state index contributed by atoms with van der Waals surface area (Å²) >= 11 is 0. The zero-order valence-corrected chi connectivity index (χ0v) is 11.4. The molecule has 102 valence electrons. The first kappa shape index (κ1) is 11.8. The van der Waals surface area contributed by atoms with E-state index in [9.17, 15) is 0 Å². The van der Waals surface area contributed by atoms with Gasteiger partial charge in [-0.1, -0.05) is 24.3 Å². The van der Waals surface area contributed by atoms with Crippen LogP contribution in [0.15, 0.2) is 48.7 Å². The van der Waals surface area contributed by atoms with Gasteiger partial charge in [-0.25, -0.2) is 0 Å². The molecule has 2 aliphatic carbocycles. The number of H-pyrrole nitrogens is 1. The molecule has 2 N–H and O–H groups in total. The Morgan fingerprint density at radius 3 is 2.65 bits per heavy atom. The molecule has 3 nitrogen and oxygen atoms in total. The normalized spacial score (nSPS) is 27.1. The van der Waals surface area contributed by atoms with Crippen molar-refractivity contribution in [2.24, 2.45) is 17.8 Å². The quantitative estimate of drug-likeness (QED) is 0.828. The van der Waals surface area contributed by atoms with Crippen molar-refractivity contribution in [1.82, 2.24) is 10.2 Å². The molecule has 1 saturated carbocycles. The summed E-state index contributed by atoms with van der Waals surface area (Å²) in [5.74, 6) is 2.49. The van der Waals surface area contributed by atoms with E-state index in [0.717, 1.165) is 30.0 Å². The largest absolute Gasteiger partial charge is 0.385 e. The second-order valence-electron chi connectivity index (χ2n) is 5.97. The molecule has 1 aromatic carbocycles. The van der Waals surface area contributed by atoms with Crippen LogP contribution in [0.2, 0.25) is 0 Å². The van der Waals surface area contributed by atoms with Crippen LogP contribution in [0.1, 0.15) is 12.8 Å². The molecule has 1 fully saturated rings. The summed E-state index contributed by atoms with van der Waals surface area (Å²) in [5, 5.41) is 10.6. The fourth-order valence-corrected chi connectivity index (χ4v) is 3.56. The Kier molecular flexibility index (Phi) is 2.84. The van der Waals surface area contributed by atoms with Gasteiger partial charge in [0.05, 0.1) is 5.69 Å². The van der Waals surface area contributed by atoms with E-state index >= 15 is 0 Å². The van der Waals surface area contributed by atoms with Crippen LogP contribution >= 0.6 is 0 Å². The van der Waals surface area contributed by atoms with Crippen LogP contribution in [0.25, 0.3) is 11.3 Å². The Hall–Kier alpha value is -2.03. The second kappa shape index (κ2) is 4.82. The third-order valence-corrected chi connectivity index (χ3v) is 4.68. The van der Waals surface area contributed by atoms with Crippen LogP contribution in [-0.2, 0) is 0 Å². The predicted octanol–water partition coefficient (Wildman–Crippen LogP) is 3.70. The second-order valence-corrected chi connectivity index (χ2v) is 5.97. The summed E-state index contributed by atoms with van der Waals surface area (Å²) in [4.78, 5) is 0. The molecular weight excluding hydrogens is 246 g/mol. The topological polar surface area (TPSA) is 40.7 Å². The van der Waals surface area contributed by atoms with Crippen molar-refractivity contribution in [2.45, 2.75) is 12.8 Å². The van der Waals surface area contributed by atoms with Crippen molar-refractivity contribution in [3.63, 3.8) is 0 Å². The highest BCUT2D eigenvalue weighted by atomic mass is 15.1. The molecular formula is C17H19N3. The van der Waals surface area contributed by atoms with Gasteiger partial charge in [0, 0.05) is 18.4 Å². The Balaban J connectivity index is 1.39. The average Bonchev–Trinajstić information content (AvgIpc) is 3.22. The lowest BCUT2D eigenvalue weighted by Crippen LogP contribution is -2.18. The molecule has 0 radical (unpaired) electrons. The Morgan fingerprint density at radius 1 is 1.10 bits per heavy atom. The Bertz CT molecular complexity index is 598. The predicted molar refractivity (Wildman–Crippen MR) is 81.4 cm³/mol. The molecule has 1 heterocycles. The molecule has 0 amide bonds. The molecule has 0 spiro atoms. The first-order chi connectivity index (χ1) is 9.88. The van der Waals surface area contributed by atoms with Crippen molar-refractivity contribution in [2.75, 3.05) is 11.9 Å². The van der Waals surface area contributed by atoms with Gasteiger partial charge in [-0.3, -0.25) is 5.10 Å². The number of rotatable bonds is 4. The zero-order valence-electron chi connectivity index (χ0n) is 11.4. The summed E-state index contributed by atoms with van der Waals surface area (Å²) in [7, 11) is 0. The van der Waals surface area contributed by atoms with Crippen LogP contribution < -0.4 is 5.32 Å². The maximum Gasteiger partial charge on any atom is 0.0650 e. The first-order valence-corrected chi connectivity index (χ1v) is 7.40. The van der Waals surface area contributed by atoms with Crippen molar-refractivity contribution >= 4 is 5.69 Å². The monoisotopic (exact) mass is 265 g/mol. The summed E-state index contributed by atoms with van der Waals surface area (Å²) in [6, 6.07) is 10.6. The molecule has 20 heavy (non-hydrogen) atoms. The number of hydrogen-bond donors (Lipinski definition) is 2.